The number of hydrogen-bond donors (Lipinski definition) is 2. The number of halogens is 2. The predicted octanol–water partition coefficient (Wildman–Crippen LogP) is 4.67. The third-order valence-corrected chi connectivity index (χ3v) is 6.04. The highest BCUT2D eigenvalue weighted by Crippen LogP contribution is 2.43. The van der Waals surface area contributed by atoms with Gasteiger partial charge in [0.1, 0.15) is 0 Å². The Morgan fingerprint density at radius 3 is 2.84 bits per heavy atom. The van der Waals surface area contributed by atoms with Crippen LogP contribution in [0.2, 0.25) is 10.0 Å². The SMILES string of the molecule is Cc1cc(NCc2ccc(Cl)cc2Cl)cc2c1N(C)CC1CNCC21. The van der Waals surface area contributed by atoms with Crippen LogP contribution in [0.5, 0.6) is 0 Å². The largest absolute Gasteiger partial charge is 0.381 e. The Balaban J connectivity index is 1.61. The highest BCUT2D eigenvalue weighted by atomic mass is 35.5. The van der Waals surface area contributed by atoms with E-state index >= 15 is 0 Å². The zero-order chi connectivity index (χ0) is 17.6. The number of benzene rings is 2. The average molecular weight is 376 g/mol. The molecule has 3 nitrogen and oxygen atoms in total. The Kier molecular flexibility index (Phi) is 4.57. The number of nitrogens with one attached hydrogen (secondary N) is 2. The van der Waals surface area contributed by atoms with Crippen LogP contribution in [0.3, 0.4) is 0 Å². The van der Waals surface area contributed by atoms with Crippen LogP contribution in [0.4, 0.5) is 11.4 Å². The van der Waals surface area contributed by atoms with Gasteiger partial charge in [-0.15, -0.1) is 0 Å². The van der Waals surface area contributed by atoms with Gasteiger partial charge in [0.05, 0.1) is 0 Å². The van der Waals surface area contributed by atoms with Crippen molar-refractivity contribution in [3.05, 3.63) is 57.1 Å². The van der Waals surface area contributed by atoms with E-state index in [0.29, 0.717) is 28.4 Å². The fraction of sp³-hybridized carbons (Fsp3) is 0.400. The van der Waals surface area contributed by atoms with Crippen molar-refractivity contribution in [2.24, 2.45) is 5.92 Å². The molecule has 25 heavy (non-hydrogen) atoms. The first-order chi connectivity index (χ1) is 12.0. The van der Waals surface area contributed by atoms with Crippen LogP contribution in [0.1, 0.15) is 22.6 Å². The van der Waals surface area contributed by atoms with E-state index in [4.69, 9.17) is 23.2 Å². The molecule has 0 bridgehead atoms. The lowest BCUT2D eigenvalue weighted by molar-refractivity contribution is 0.496. The normalized spacial score (nSPS) is 21.8. The second-order valence-electron chi connectivity index (χ2n) is 7.23. The molecule has 2 aromatic rings. The van der Waals surface area contributed by atoms with Crippen molar-refractivity contribution in [2.75, 3.05) is 36.9 Å². The lowest BCUT2D eigenvalue weighted by Crippen LogP contribution is -2.35. The van der Waals surface area contributed by atoms with Crippen molar-refractivity contribution in [3.8, 4) is 0 Å². The summed E-state index contributed by atoms with van der Waals surface area (Å²) < 4.78 is 0. The fourth-order valence-electron chi connectivity index (χ4n) is 4.31. The number of rotatable bonds is 3. The lowest BCUT2D eigenvalue weighted by Gasteiger charge is -2.37. The minimum absolute atomic E-state index is 0.616. The quantitative estimate of drug-likeness (QED) is 0.816. The fourth-order valence-corrected chi connectivity index (χ4v) is 4.78. The third kappa shape index (κ3) is 3.21. The summed E-state index contributed by atoms with van der Waals surface area (Å²) in [5, 5.41) is 8.47. The molecular weight excluding hydrogens is 353 g/mol. The minimum Gasteiger partial charge on any atom is -0.381 e. The first-order valence-electron chi connectivity index (χ1n) is 8.77. The first-order valence-corrected chi connectivity index (χ1v) is 9.52. The second-order valence-corrected chi connectivity index (χ2v) is 8.07. The molecule has 132 valence electrons. The van der Waals surface area contributed by atoms with Crippen molar-refractivity contribution in [1.29, 1.82) is 0 Å². The molecule has 0 aromatic heterocycles. The van der Waals surface area contributed by atoms with Gasteiger partial charge in [-0.3, -0.25) is 0 Å². The Hall–Kier alpha value is -1.42. The molecule has 1 saturated heterocycles. The van der Waals surface area contributed by atoms with Crippen molar-refractivity contribution in [3.63, 3.8) is 0 Å². The number of hydrogen-bond acceptors (Lipinski definition) is 3. The lowest BCUT2D eigenvalue weighted by atomic mass is 9.82. The molecule has 2 aromatic carbocycles. The van der Waals surface area contributed by atoms with Crippen molar-refractivity contribution >= 4 is 34.6 Å². The Morgan fingerprint density at radius 2 is 2.04 bits per heavy atom. The maximum atomic E-state index is 6.30. The monoisotopic (exact) mass is 375 g/mol. The Bertz CT molecular complexity index is 806. The van der Waals surface area contributed by atoms with Gasteiger partial charge in [0.25, 0.3) is 0 Å². The molecule has 2 heterocycles. The first kappa shape index (κ1) is 17.0. The van der Waals surface area contributed by atoms with Crippen LogP contribution in [-0.4, -0.2) is 26.7 Å². The van der Waals surface area contributed by atoms with Gasteiger partial charge in [0.2, 0.25) is 0 Å². The summed E-state index contributed by atoms with van der Waals surface area (Å²) in [7, 11) is 2.21. The van der Waals surface area contributed by atoms with E-state index in [1.165, 1.54) is 16.8 Å². The van der Waals surface area contributed by atoms with E-state index < -0.39 is 0 Å². The molecule has 4 rings (SSSR count). The van der Waals surface area contributed by atoms with E-state index in [1.54, 1.807) is 6.07 Å². The molecule has 2 atom stereocenters. The number of fused-ring (bicyclic) bond motifs is 3. The second kappa shape index (κ2) is 6.71. The molecule has 0 radical (unpaired) electrons. The molecule has 0 amide bonds. The van der Waals surface area contributed by atoms with E-state index in [2.05, 4.69) is 41.6 Å². The molecule has 2 aliphatic rings. The van der Waals surface area contributed by atoms with Gasteiger partial charge in [-0.05, 0) is 53.8 Å². The van der Waals surface area contributed by atoms with Gasteiger partial charge in [-0.1, -0.05) is 29.3 Å². The van der Waals surface area contributed by atoms with E-state index in [0.717, 1.165) is 30.9 Å². The predicted molar refractivity (Wildman–Crippen MR) is 107 cm³/mol. The average Bonchev–Trinajstić information content (AvgIpc) is 3.02. The van der Waals surface area contributed by atoms with Gasteiger partial charge >= 0.3 is 0 Å². The third-order valence-electron chi connectivity index (χ3n) is 5.46. The molecule has 2 N–H and O–H groups in total. The summed E-state index contributed by atoms with van der Waals surface area (Å²) in [6, 6.07) is 10.2. The summed E-state index contributed by atoms with van der Waals surface area (Å²) in [6.07, 6.45) is 0. The van der Waals surface area contributed by atoms with Gasteiger partial charge < -0.3 is 15.5 Å². The maximum Gasteiger partial charge on any atom is 0.0470 e. The van der Waals surface area contributed by atoms with E-state index in [9.17, 15) is 0 Å². The summed E-state index contributed by atoms with van der Waals surface area (Å²) in [5.74, 6) is 1.32. The van der Waals surface area contributed by atoms with Crippen molar-refractivity contribution in [2.45, 2.75) is 19.4 Å². The van der Waals surface area contributed by atoms with Gasteiger partial charge in [-0.2, -0.15) is 0 Å². The zero-order valence-electron chi connectivity index (χ0n) is 14.6. The van der Waals surface area contributed by atoms with Gasteiger partial charge in [0, 0.05) is 60.6 Å². The van der Waals surface area contributed by atoms with E-state index in [1.807, 2.05) is 12.1 Å². The molecule has 5 heteroatoms. The number of anilines is 2. The minimum atomic E-state index is 0.616. The smallest absolute Gasteiger partial charge is 0.0470 e. The van der Waals surface area contributed by atoms with E-state index in [-0.39, 0.29) is 0 Å². The topological polar surface area (TPSA) is 27.3 Å². The van der Waals surface area contributed by atoms with Crippen LogP contribution in [0.25, 0.3) is 0 Å². The van der Waals surface area contributed by atoms with Crippen LogP contribution in [-0.2, 0) is 6.54 Å². The summed E-state index contributed by atoms with van der Waals surface area (Å²) in [6.45, 7) is 6.23. The molecule has 1 fully saturated rings. The maximum absolute atomic E-state index is 6.30. The zero-order valence-corrected chi connectivity index (χ0v) is 16.1. The molecule has 0 spiro atoms. The van der Waals surface area contributed by atoms with Crippen LogP contribution in [0, 0.1) is 12.8 Å². The Morgan fingerprint density at radius 1 is 1.20 bits per heavy atom. The van der Waals surface area contributed by atoms with Gasteiger partial charge in [0.15, 0.2) is 0 Å². The van der Waals surface area contributed by atoms with Crippen molar-refractivity contribution < 1.29 is 0 Å². The Labute approximate surface area is 159 Å². The molecule has 0 aliphatic carbocycles. The van der Waals surface area contributed by atoms with Crippen LogP contribution >= 0.6 is 23.2 Å². The molecular formula is C20H23Cl2N3. The number of aryl methyl sites for hydroxylation is 1. The summed E-state index contributed by atoms with van der Waals surface area (Å²) in [5.41, 5.74) is 6.41. The highest BCUT2D eigenvalue weighted by molar-refractivity contribution is 6.35. The molecule has 2 unspecified atom stereocenters. The molecule has 0 saturated carbocycles. The highest BCUT2D eigenvalue weighted by Gasteiger charge is 2.36. The van der Waals surface area contributed by atoms with Crippen LogP contribution < -0.4 is 15.5 Å². The summed E-state index contributed by atoms with van der Waals surface area (Å²) >= 11 is 12.3. The standard InChI is InChI=1S/C20H23Cl2N3/c1-12-5-16(24-9-13-3-4-15(21)6-19(13)22)7-17-18-10-23-8-14(18)11-25(2)20(12)17/h3-7,14,18,23-24H,8-11H2,1-2H3. The van der Waals surface area contributed by atoms with Crippen LogP contribution in [0.15, 0.2) is 30.3 Å². The van der Waals surface area contributed by atoms with Crippen molar-refractivity contribution in [1.82, 2.24) is 5.32 Å². The molecule has 2 aliphatic heterocycles. The summed E-state index contributed by atoms with van der Waals surface area (Å²) in [4.78, 5) is 2.42. The van der Waals surface area contributed by atoms with Gasteiger partial charge in [-0.25, -0.2) is 0 Å². The number of nitrogens with zero attached hydrogens (tertiary/aromatic N) is 1.